The van der Waals surface area contributed by atoms with E-state index in [4.69, 9.17) is 5.11 Å². The van der Waals surface area contributed by atoms with Crippen LogP contribution in [0.4, 0.5) is 10.1 Å². The Morgan fingerprint density at radius 2 is 2.05 bits per heavy atom. The van der Waals surface area contributed by atoms with Crippen molar-refractivity contribution in [3.8, 4) is 0 Å². The molecule has 0 aliphatic carbocycles. The molecule has 1 aromatic carbocycles. The third kappa shape index (κ3) is 5.83. The van der Waals surface area contributed by atoms with Crippen molar-refractivity contribution in [3.63, 3.8) is 0 Å². The average Bonchev–Trinajstić information content (AvgIpc) is 2.32. The van der Waals surface area contributed by atoms with Crippen LogP contribution < -0.4 is 4.90 Å². The molecule has 0 saturated heterocycles. The van der Waals surface area contributed by atoms with Gasteiger partial charge in [-0.1, -0.05) is 0 Å². The quantitative estimate of drug-likeness (QED) is 0.804. The topological polar surface area (TPSA) is 74.7 Å². The molecular formula is C13H16FNO4S. The van der Waals surface area contributed by atoms with E-state index in [2.05, 4.69) is 0 Å². The Labute approximate surface area is 117 Å². The van der Waals surface area contributed by atoms with Gasteiger partial charge < -0.3 is 10.0 Å². The van der Waals surface area contributed by atoms with Crippen LogP contribution in [0.25, 0.3) is 6.08 Å². The van der Waals surface area contributed by atoms with Gasteiger partial charge in [-0.3, -0.25) is 0 Å². The number of carboxylic acids is 1. The molecule has 0 aliphatic rings. The van der Waals surface area contributed by atoms with Crippen molar-refractivity contribution in [2.24, 2.45) is 0 Å². The highest BCUT2D eigenvalue weighted by Crippen LogP contribution is 2.18. The predicted molar refractivity (Wildman–Crippen MR) is 76.1 cm³/mol. The largest absolute Gasteiger partial charge is 0.478 e. The molecule has 0 radical (unpaired) electrons. The first-order valence-electron chi connectivity index (χ1n) is 5.78. The molecule has 0 fully saturated rings. The number of carbonyl (C=O) groups is 1. The molecule has 0 aliphatic heterocycles. The average molecular weight is 301 g/mol. The SMILES string of the molecule is CN(CCS(C)(=O)=O)c1cc(F)cc(/C=C/C(=O)O)c1. The zero-order valence-electron chi connectivity index (χ0n) is 11.2. The van der Waals surface area contributed by atoms with Gasteiger partial charge in [-0.25, -0.2) is 17.6 Å². The highest BCUT2D eigenvalue weighted by molar-refractivity contribution is 7.90. The molecular weight excluding hydrogens is 285 g/mol. The summed E-state index contributed by atoms with van der Waals surface area (Å²) in [5.74, 6) is -1.68. The minimum absolute atomic E-state index is 0.0414. The van der Waals surface area contributed by atoms with Gasteiger partial charge in [0.05, 0.1) is 5.75 Å². The Hall–Kier alpha value is -1.89. The fourth-order valence-electron chi connectivity index (χ4n) is 1.51. The second-order valence-corrected chi connectivity index (χ2v) is 6.73. The van der Waals surface area contributed by atoms with Gasteiger partial charge in [0.15, 0.2) is 0 Å². The summed E-state index contributed by atoms with van der Waals surface area (Å²) in [7, 11) is -1.45. The first-order chi connectivity index (χ1) is 9.17. The Bertz CT molecular complexity index is 625. The van der Waals surface area contributed by atoms with Crippen molar-refractivity contribution in [2.45, 2.75) is 0 Å². The summed E-state index contributed by atoms with van der Waals surface area (Å²) >= 11 is 0. The minimum atomic E-state index is -3.10. The number of nitrogens with zero attached hydrogens (tertiary/aromatic N) is 1. The van der Waals surface area contributed by atoms with Crippen molar-refractivity contribution in [1.29, 1.82) is 0 Å². The van der Waals surface area contributed by atoms with Gasteiger partial charge in [-0.05, 0) is 29.8 Å². The molecule has 0 amide bonds. The highest BCUT2D eigenvalue weighted by Gasteiger charge is 2.08. The predicted octanol–water partition coefficient (Wildman–Crippen LogP) is 1.40. The van der Waals surface area contributed by atoms with Crippen LogP contribution in [0.15, 0.2) is 24.3 Å². The van der Waals surface area contributed by atoms with Crippen molar-refractivity contribution < 1.29 is 22.7 Å². The lowest BCUT2D eigenvalue weighted by Crippen LogP contribution is -2.24. The van der Waals surface area contributed by atoms with Crippen LogP contribution in [-0.4, -0.2) is 45.1 Å². The molecule has 1 aromatic rings. The lowest BCUT2D eigenvalue weighted by Gasteiger charge is -2.19. The van der Waals surface area contributed by atoms with Gasteiger partial charge in [0.1, 0.15) is 15.7 Å². The van der Waals surface area contributed by atoms with E-state index >= 15 is 0 Å². The van der Waals surface area contributed by atoms with E-state index in [-0.39, 0.29) is 12.3 Å². The maximum absolute atomic E-state index is 13.5. The summed E-state index contributed by atoms with van der Waals surface area (Å²) in [5.41, 5.74) is 0.882. The van der Waals surface area contributed by atoms with Crippen molar-refractivity contribution in [2.75, 3.05) is 30.5 Å². The number of halogens is 1. The number of anilines is 1. The number of carboxylic acid groups (broad SMARTS) is 1. The zero-order chi connectivity index (χ0) is 15.3. The van der Waals surface area contributed by atoms with E-state index in [1.54, 1.807) is 18.0 Å². The van der Waals surface area contributed by atoms with Crippen LogP contribution >= 0.6 is 0 Å². The summed E-state index contributed by atoms with van der Waals surface area (Å²) in [5, 5.41) is 8.54. The van der Waals surface area contributed by atoms with Gasteiger partial charge in [0, 0.05) is 31.6 Å². The van der Waals surface area contributed by atoms with E-state index in [9.17, 15) is 17.6 Å². The van der Waals surface area contributed by atoms with Crippen LogP contribution in [0.5, 0.6) is 0 Å². The Kier molecular flexibility index (Phi) is 5.26. The summed E-state index contributed by atoms with van der Waals surface area (Å²) in [6.45, 7) is 0.227. The standard InChI is InChI=1S/C13H16FNO4S/c1-15(5-6-20(2,18)19)12-8-10(3-4-13(16)17)7-11(14)9-12/h3-4,7-9H,5-6H2,1-2H3,(H,16,17)/b4-3+. The van der Waals surface area contributed by atoms with Gasteiger partial charge in [0.25, 0.3) is 0 Å². The monoisotopic (exact) mass is 301 g/mol. The Morgan fingerprint density at radius 3 is 2.60 bits per heavy atom. The third-order valence-electron chi connectivity index (χ3n) is 2.56. The number of sulfone groups is 1. The van der Waals surface area contributed by atoms with Gasteiger partial charge >= 0.3 is 5.97 Å². The summed E-state index contributed by atoms with van der Waals surface area (Å²) in [6.07, 6.45) is 3.32. The fraction of sp³-hybridized carbons (Fsp3) is 0.308. The molecule has 0 unspecified atom stereocenters. The van der Waals surface area contributed by atoms with Crippen LogP contribution in [0.1, 0.15) is 5.56 Å². The van der Waals surface area contributed by atoms with E-state index < -0.39 is 21.6 Å². The first kappa shape index (κ1) is 16.2. The van der Waals surface area contributed by atoms with Crippen LogP contribution in [0.3, 0.4) is 0 Å². The van der Waals surface area contributed by atoms with Crippen molar-refractivity contribution in [3.05, 3.63) is 35.7 Å². The molecule has 0 heterocycles. The minimum Gasteiger partial charge on any atom is -0.478 e. The number of hydrogen-bond donors (Lipinski definition) is 1. The molecule has 0 spiro atoms. The third-order valence-corrected chi connectivity index (χ3v) is 3.49. The molecule has 7 heteroatoms. The normalized spacial score (nSPS) is 11.8. The van der Waals surface area contributed by atoms with Crippen LogP contribution in [-0.2, 0) is 14.6 Å². The smallest absolute Gasteiger partial charge is 0.328 e. The van der Waals surface area contributed by atoms with E-state index in [0.717, 1.165) is 12.3 Å². The number of benzene rings is 1. The first-order valence-corrected chi connectivity index (χ1v) is 7.84. The molecule has 110 valence electrons. The maximum Gasteiger partial charge on any atom is 0.328 e. The van der Waals surface area contributed by atoms with Crippen molar-refractivity contribution >= 4 is 27.6 Å². The Balaban J connectivity index is 2.92. The second kappa shape index (κ2) is 6.51. The molecule has 0 bridgehead atoms. The molecule has 20 heavy (non-hydrogen) atoms. The van der Waals surface area contributed by atoms with Crippen LogP contribution in [0, 0.1) is 5.82 Å². The second-order valence-electron chi connectivity index (χ2n) is 4.47. The number of rotatable bonds is 6. The van der Waals surface area contributed by atoms with Gasteiger partial charge in [-0.2, -0.15) is 0 Å². The van der Waals surface area contributed by atoms with E-state index in [0.29, 0.717) is 11.3 Å². The summed E-state index contributed by atoms with van der Waals surface area (Å²) in [4.78, 5) is 12.0. The number of aliphatic carboxylic acids is 1. The Morgan fingerprint density at radius 1 is 1.40 bits per heavy atom. The molecule has 1 rings (SSSR count). The molecule has 1 N–H and O–H groups in total. The lowest BCUT2D eigenvalue weighted by atomic mass is 10.1. The summed E-state index contributed by atoms with van der Waals surface area (Å²) < 4.78 is 35.7. The van der Waals surface area contributed by atoms with E-state index in [1.807, 2.05) is 0 Å². The lowest BCUT2D eigenvalue weighted by molar-refractivity contribution is -0.131. The zero-order valence-corrected chi connectivity index (χ0v) is 12.0. The van der Waals surface area contributed by atoms with Gasteiger partial charge in [0.2, 0.25) is 0 Å². The van der Waals surface area contributed by atoms with Crippen molar-refractivity contribution in [1.82, 2.24) is 0 Å². The number of hydrogen-bond acceptors (Lipinski definition) is 4. The molecule has 0 atom stereocenters. The van der Waals surface area contributed by atoms with E-state index in [1.165, 1.54) is 18.2 Å². The highest BCUT2D eigenvalue weighted by atomic mass is 32.2. The molecule has 5 nitrogen and oxygen atoms in total. The van der Waals surface area contributed by atoms with Gasteiger partial charge in [-0.15, -0.1) is 0 Å². The van der Waals surface area contributed by atoms with Crippen LogP contribution in [0.2, 0.25) is 0 Å². The molecule has 0 saturated carbocycles. The fourth-order valence-corrected chi connectivity index (χ4v) is 2.12. The maximum atomic E-state index is 13.5. The molecule has 0 aromatic heterocycles. The summed E-state index contributed by atoms with van der Waals surface area (Å²) in [6, 6.07) is 4.05.